The quantitative estimate of drug-likeness (QED) is 0.231. The Morgan fingerprint density at radius 1 is 1.06 bits per heavy atom. The lowest BCUT2D eigenvalue weighted by atomic mass is 9.89. The number of H-pyrrole nitrogens is 1. The summed E-state index contributed by atoms with van der Waals surface area (Å²) in [5, 5.41) is 21.2. The molecule has 2 fully saturated rings. The van der Waals surface area contributed by atoms with E-state index in [1.54, 1.807) is 26.8 Å². The highest BCUT2D eigenvalue weighted by Crippen LogP contribution is 2.33. The number of aliphatic hydroxyl groups excluding tert-OH is 1. The fraction of sp³-hybridized carbons (Fsp3) is 0.727. The average Bonchev–Trinajstić information content (AvgIpc) is 3.41. The Kier molecular flexibility index (Phi) is 12.8. The molecule has 48 heavy (non-hydrogen) atoms. The first-order valence-electron chi connectivity index (χ1n) is 16.8. The van der Waals surface area contributed by atoms with Crippen LogP contribution in [0.15, 0.2) is 16.9 Å². The number of halogens is 3. The molecule has 3 heterocycles. The molecule has 2 aromatic rings. The van der Waals surface area contributed by atoms with Crippen LogP contribution in [0.4, 0.5) is 18.0 Å². The molecule has 3 N–H and O–H groups in total. The number of unbranched alkanes of at least 4 members (excludes halogenated alkanes) is 6. The first-order valence-corrected chi connectivity index (χ1v) is 17.6. The number of nitrogens with one attached hydrogen (secondary N) is 1. The van der Waals surface area contributed by atoms with Crippen LogP contribution < -0.4 is 4.87 Å². The van der Waals surface area contributed by atoms with Crippen molar-refractivity contribution >= 4 is 33.6 Å². The molecule has 0 saturated carbocycles. The molecule has 2 amide bonds. The van der Waals surface area contributed by atoms with Gasteiger partial charge in [0.25, 0.3) is 0 Å². The molecule has 2 aliphatic heterocycles. The summed E-state index contributed by atoms with van der Waals surface area (Å²) < 4.78 is 50.7. The smallest absolute Gasteiger partial charge is 0.471 e. The van der Waals surface area contributed by atoms with E-state index in [2.05, 4.69) is 9.88 Å². The lowest BCUT2D eigenvalue weighted by Crippen LogP contribution is -2.59. The maximum absolute atomic E-state index is 13.0. The number of phenols is 1. The monoisotopic (exact) mass is 702 g/mol. The van der Waals surface area contributed by atoms with E-state index >= 15 is 0 Å². The number of aromatic nitrogens is 1. The van der Waals surface area contributed by atoms with Crippen LogP contribution in [0.5, 0.6) is 5.75 Å². The second kappa shape index (κ2) is 16.2. The van der Waals surface area contributed by atoms with E-state index < -0.39 is 35.5 Å². The average molecular weight is 703 g/mol. The number of carbonyl (C=O) groups excluding carboxylic acids is 2. The third kappa shape index (κ3) is 10.6. The molecule has 1 aromatic heterocycles. The van der Waals surface area contributed by atoms with E-state index in [0.717, 1.165) is 80.8 Å². The molecule has 0 aliphatic carbocycles. The summed E-state index contributed by atoms with van der Waals surface area (Å²) in [7, 11) is 0. The van der Waals surface area contributed by atoms with E-state index in [1.165, 1.54) is 11.0 Å². The van der Waals surface area contributed by atoms with Crippen molar-refractivity contribution in [3.8, 4) is 5.75 Å². The van der Waals surface area contributed by atoms with Gasteiger partial charge in [-0.15, -0.1) is 0 Å². The van der Waals surface area contributed by atoms with Gasteiger partial charge < -0.3 is 39.4 Å². The van der Waals surface area contributed by atoms with E-state index in [0.29, 0.717) is 29.6 Å². The first-order chi connectivity index (χ1) is 22.6. The van der Waals surface area contributed by atoms with Crippen LogP contribution in [0.25, 0.3) is 10.2 Å². The van der Waals surface area contributed by atoms with Crippen LogP contribution in [0, 0.1) is 0 Å². The minimum Gasteiger partial charge on any atom is -0.506 e. The molecule has 0 bridgehead atoms. The van der Waals surface area contributed by atoms with Gasteiger partial charge in [0.05, 0.1) is 36.1 Å². The van der Waals surface area contributed by atoms with Crippen molar-refractivity contribution in [2.75, 3.05) is 52.4 Å². The Bertz CT molecular complexity index is 1430. The minimum atomic E-state index is -4.86. The van der Waals surface area contributed by atoms with Crippen molar-refractivity contribution in [1.29, 1.82) is 0 Å². The zero-order valence-electron chi connectivity index (χ0n) is 28.1. The van der Waals surface area contributed by atoms with Crippen molar-refractivity contribution in [2.45, 2.75) is 102 Å². The number of amides is 2. The number of likely N-dealkylation sites (tertiary alicyclic amines) is 1. The van der Waals surface area contributed by atoms with Crippen LogP contribution >= 0.6 is 11.3 Å². The fourth-order valence-corrected chi connectivity index (χ4v) is 7.32. The predicted molar refractivity (Wildman–Crippen MR) is 176 cm³/mol. The van der Waals surface area contributed by atoms with Crippen molar-refractivity contribution < 1.29 is 42.4 Å². The normalized spacial score (nSPS) is 17.9. The van der Waals surface area contributed by atoms with E-state index in [4.69, 9.17) is 9.47 Å². The van der Waals surface area contributed by atoms with Crippen LogP contribution in [0.1, 0.15) is 90.2 Å². The second-order valence-electron chi connectivity index (χ2n) is 13.9. The Morgan fingerprint density at radius 3 is 2.35 bits per heavy atom. The summed E-state index contributed by atoms with van der Waals surface area (Å²) in [6.07, 6.45) is 1.60. The van der Waals surface area contributed by atoms with Crippen LogP contribution in [0.2, 0.25) is 0 Å². The molecule has 11 nitrogen and oxygen atoms in total. The van der Waals surface area contributed by atoms with Gasteiger partial charge in [0.1, 0.15) is 16.9 Å². The number of phenolic OH excluding ortho intramolecular Hbond substituents is 1. The number of morpholine rings is 1. The number of nitrogens with zero attached hydrogens (tertiary/aromatic N) is 3. The number of carbonyl (C=O) groups is 2. The summed E-state index contributed by atoms with van der Waals surface area (Å²) in [5.41, 5.74) is -0.670. The number of fused-ring (bicyclic) bond motifs is 1. The number of aliphatic hydroxyl groups is 1. The van der Waals surface area contributed by atoms with Gasteiger partial charge in [0.15, 0.2) is 0 Å². The Balaban J connectivity index is 1.14. The van der Waals surface area contributed by atoms with Crippen molar-refractivity contribution in [1.82, 2.24) is 19.7 Å². The van der Waals surface area contributed by atoms with E-state index in [1.807, 2.05) is 0 Å². The number of ether oxygens (including phenoxy) is 2. The molecule has 4 rings (SSSR count). The predicted octanol–water partition coefficient (Wildman–Crippen LogP) is 5.55. The topological polar surface area (TPSA) is 136 Å². The summed E-state index contributed by atoms with van der Waals surface area (Å²) in [6.45, 7) is 8.22. The first kappa shape index (κ1) is 37.9. The molecule has 2 saturated heterocycles. The van der Waals surface area contributed by atoms with E-state index in [9.17, 15) is 37.8 Å². The lowest BCUT2D eigenvalue weighted by molar-refractivity contribution is -0.200. The molecule has 270 valence electrons. The van der Waals surface area contributed by atoms with E-state index in [-0.39, 0.29) is 42.4 Å². The largest absolute Gasteiger partial charge is 0.506 e. The van der Waals surface area contributed by atoms with Gasteiger partial charge in [-0.1, -0.05) is 49.5 Å². The number of rotatable bonds is 13. The van der Waals surface area contributed by atoms with Crippen molar-refractivity contribution in [2.24, 2.45) is 0 Å². The maximum atomic E-state index is 13.0. The maximum Gasteiger partial charge on any atom is 0.471 e. The zero-order chi connectivity index (χ0) is 35.1. The Labute approximate surface area is 283 Å². The summed E-state index contributed by atoms with van der Waals surface area (Å²) in [5.74, 6) is -1.86. The number of benzene rings is 1. The van der Waals surface area contributed by atoms with Crippen LogP contribution in [-0.2, 0) is 14.3 Å². The lowest BCUT2D eigenvalue weighted by Gasteiger charge is -2.47. The number of piperidine rings is 1. The molecule has 15 heteroatoms. The highest BCUT2D eigenvalue weighted by Gasteiger charge is 2.48. The van der Waals surface area contributed by atoms with Gasteiger partial charge in [-0.2, -0.15) is 13.2 Å². The number of hydrogen-bond acceptors (Lipinski definition) is 9. The molecule has 2 aliphatic rings. The van der Waals surface area contributed by atoms with Crippen LogP contribution in [0.3, 0.4) is 0 Å². The summed E-state index contributed by atoms with van der Waals surface area (Å²) >= 11 is 0.897. The van der Waals surface area contributed by atoms with Gasteiger partial charge in [-0.3, -0.25) is 9.59 Å². The zero-order valence-corrected chi connectivity index (χ0v) is 28.9. The molecule has 1 spiro atoms. The molecule has 1 unspecified atom stereocenters. The molecule has 0 radical (unpaired) electrons. The third-order valence-electron chi connectivity index (χ3n) is 8.94. The van der Waals surface area contributed by atoms with Gasteiger partial charge in [0, 0.05) is 31.7 Å². The summed E-state index contributed by atoms with van der Waals surface area (Å²) in [4.78, 5) is 43.6. The van der Waals surface area contributed by atoms with Gasteiger partial charge in [-0.25, -0.2) is 4.79 Å². The molecular weight excluding hydrogens is 653 g/mol. The minimum absolute atomic E-state index is 0.00543. The SMILES string of the molecule is CC(C)(C)OC(=O)N(CCCCCCCCCN1CCC2(CC1)CN(C(=O)C(F)(F)F)CCO2)CC(O)c1ccc(O)c2[nH]c(=O)sc12. The molecule has 1 atom stereocenters. The van der Waals surface area contributed by atoms with Gasteiger partial charge in [-0.05, 0) is 59.1 Å². The third-order valence-corrected chi connectivity index (χ3v) is 9.87. The molecular formula is C33H49F3N4O7S. The van der Waals surface area contributed by atoms with Crippen LogP contribution in [-0.4, -0.2) is 112 Å². The Morgan fingerprint density at radius 2 is 1.71 bits per heavy atom. The standard InChI is InChI=1S/C33H49F3N4O7S/c1-31(2,3)47-30(45)39(21-25(42)23-11-12-24(41)26-27(23)48-29(44)37-26)16-10-8-6-4-5-7-9-15-38-17-13-32(14-18-38)22-40(19-20-46-32)28(43)33(34,35)36/h11-12,25,41-42H,4-10,13-22H2,1-3H3,(H,37,44). The number of hydrogen-bond donors (Lipinski definition) is 3. The van der Waals surface area contributed by atoms with Gasteiger partial charge >= 0.3 is 23.0 Å². The Hall–Kier alpha value is -2.88. The number of aromatic hydroxyl groups is 1. The van der Waals surface area contributed by atoms with Gasteiger partial charge in [0.2, 0.25) is 0 Å². The molecule has 1 aromatic carbocycles. The van der Waals surface area contributed by atoms with Crippen molar-refractivity contribution in [3.63, 3.8) is 0 Å². The number of alkyl halides is 3. The fourth-order valence-electron chi connectivity index (χ4n) is 6.40. The summed E-state index contributed by atoms with van der Waals surface area (Å²) in [6, 6.07) is 2.97. The highest BCUT2D eigenvalue weighted by molar-refractivity contribution is 7.16. The highest BCUT2D eigenvalue weighted by atomic mass is 32.1. The van der Waals surface area contributed by atoms with Crippen molar-refractivity contribution in [3.05, 3.63) is 27.4 Å². The second-order valence-corrected chi connectivity index (χ2v) is 14.9. The number of aromatic amines is 1. The number of thiazole rings is 1.